The molecule has 1 aromatic carbocycles. The number of carbonyl (C=O) groups excluding carboxylic acids is 1. The van der Waals surface area contributed by atoms with Crippen LogP contribution in [0.3, 0.4) is 0 Å². The van der Waals surface area contributed by atoms with Crippen LogP contribution in [-0.4, -0.2) is 47.0 Å². The number of ether oxygens (including phenoxy) is 2. The fraction of sp³-hybridized carbons (Fsp3) is 0.444. The van der Waals surface area contributed by atoms with Crippen LogP contribution in [0.5, 0.6) is 5.75 Å². The third-order valence-electron chi connectivity index (χ3n) is 4.28. The van der Waals surface area contributed by atoms with Gasteiger partial charge in [0.05, 0.1) is 24.5 Å². The summed E-state index contributed by atoms with van der Waals surface area (Å²) in [6.45, 7) is 3.73. The number of carbonyl (C=O) groups is 1. The summed E-state index contributed by atoms with van der Waals surface area (Å²) in [5.74, 6) is 0.667. The van der Waals surface area contributed by atoms with Gasteiger partial charge in [-0.3, -0.25) is 9.48 Å². The lowest BCUT2D eigenvalue weighted by atomic mass is 10.00. The molecule has 0 spiro atoms. The van der Waals surface area contributed by atoms with Crippen LogP contribution >= 0.6 is 0 Å². The molecule has 0 saturated heterocycles. The van der Waals surface area contributed by atoms with E-state index in [9.17, 15) is 4.79 Å². The minimum absolute atomic E-state index is 0.0276. The highest BCUT2D eigenvalue weighted by molar-refractivity contribution is 5.78. The SMILES string of the molecule is CCOC[C@@H]1c2c(cnn2C)CCN1C(=O)COc1ccccc1. The van der Waals surface area contributed by atoms with Crippen LogP contribution in [0.4, 0.5) is 0 Å². The van der Waals surface area contributed by atoms with Gasteiger partial charge in [-0.15, -0.1) is 0 Å². The van der Waals surface area contributed by atoms with Gasteiger partial charge in [0.2, 0.25) is 0 Å². The van der Waals surface area contributed by atoms with Gasteiger partial charge in [-0.2, -0.15) is 5.10 Å². The molecule has 1 atom stereocenters. The zero-order valence-electron chi connectivity index (χ0n) is 14.1. The number of aryl methyl sites for hydroxylation is 1. The van der Waals surface area contributed by atoms with Crippen molar-refractivity contribution >= 4 is 5.91 Å². The van der Waals surface area contributed by atoms with Gasteiger partial charge in [-0.1, -0.05) is 18.2 Å². The van der Waals surface area contributed by atoms with Crippen molar-refractivity contribution in [3.8, 4) is 5.75 Å². The summed E-state index contributed by atoms with van der Waals surface area (Å²) >= 11 is 0. The van der Waals surface area contributed by atoms with Crippen molar-refractivity contribution in [1.29, 1.82) is 0 Å². The molecule has 1 amide bonds. The molecule has 128 valence electrons. The number of para-hydroxylation sites is 1. The van der Waals surface area contributed by atoms with Crippen molar-refractivity contribution in [1.82, 2.24) is 14.7 Å². The van der Waals surface area contributed by atoms with Crippen molar-refractivity contribution in [3.63, 3.8) is 0 Å². The highest BCUT2D eigenvalue weighted by Crippen LogP contribution is 2.29. The Labute approximate surface area is 142 Å². The van der Waals surface area contributed by atoms with Crippen LogP contribution in [0.25, 0.3) is 0 Å². The van der Waals surface area contributed by atoms with Gasteiger partial charge in [0, 0.05) is 20.2 Å². The summed E-state index contributed by atoms with van der Waals surface area (Å²) in [4.78, 5) is 14.6. The molecule has 6 heteroatoms. The van der Waals surface area contributed by atoms with E-state index < -0.39 is 0 Å². The predicted octanol–water partition coefficient (Wildman–Crippen LogP) is 1.96. The van der Waals surface area contributed by atoms with Crippen LogP contribution < -0.4 is 4.74 Å². The molecule has 0 fully saturated rings. The number of amides is 1. The summed E-state index contributed by atoms with van der Waals surface area (Å²) in [7, 11) is 1.91. The molecular weight excluding hydrogens is 306 g/mol. The van der Waals surface area contributed by atoms with Gasteiger partial charge < -0.3 is 14.4 Å². The Balaban J connectivity index is 1.73. The molecule has 24 heavy (non-hydrogen) atoms. The first-order valence-corrected chi connectivity index (χ1v) is 8.26. The Morgan fingerprint density at radius 3 is 2.88 bits per heavy atom. The maximum absolute atomic E-state index is 12.7. The molecule has 1 aromatic heterocycles. The van der Waals surface area contributed by atoms with E-state index in [2.05, 4.69) is 5.10 Å². The Kier molecular flexibility index (Phi) is 5.15. The third kappa shape index (κ3) is 3.43. The summed E-state index contributed by atoms with van der Waals surface area (Å²) in [6, 6.07) is 9.27. The minimum Gasteiger partial charge on any atom is -0.484 e. The van der Waals surface area contributed by atoms with E-state index in [-0.39, 0.29) is 18.6 Å². The number of nitrogens with zero attached hydrogens (tertiary/aromatic N) is 3. The second-order valence-electron chi connectivity index (χ2n) is 5.79. The van der Waals surface area contributed by atoms with Gasteiger partial charge in [0.1, 0.15) is 5.75 Å². The first-order valence-electron chi connectivity index (χ1n) is 8.26. The molecule has 0 aliphatic carbocycles. The molecule has 6 nitrogen and oxygen atoms in total. The number of fused-ring (bicyclic) bond motifs is 1. The van der Waals surface area contributed by atoms with Crippen LogP contribution in [0.15, 0.2) is 36.5 Å². The van der Waals surface area contributed by atoms with Gasteiger partial charge >= 0.3 is 0 Å². The number of rotatable bonds is 6. The molecule has 0 N–H and O–H groups in total. The minimum atomic E-state index is -0.118. The fourth-order valence-electron chi connectivity index (χ4n) is 3.10. The zero-order valence-corrected chi connectivity index (χ0v) is 14.1. The van der Waals surface area contributed by atoms with Crippen molar-refractivity contribution in [2.45, 2.75) is 19.4 Å². The number of hydrogen-bond acceptors (Lipinski definition) is 4. The summed E-state index contributed by atoms with van der Waals surface area (Å²) in [6.07, 6.45) is 2.69. The quantitative estimate of drug-likeness (QED) is 0.813. The molecule has 3 rings (SSSR count). The fourth-order valence-corrected chi connectivity index (χ4v) is 3.10. The topological polar surface area (TPSA) is 56.6 Å². The van der Waals surface area contributed by atoms with E-state index in [0.717, 1.165) is 12.1 Å². The van der Waals surface area contributed by atoms with Crippen molar-refractivity contribution in [2.75, 3.05) is 26.4 Å². The molecule has 0 radical (unpaired) electrons. The lowest BCUT2D eigenvalue weighted by molar-refractivity contribution is -0.138. The van der Waals surface area contributed by atoms with Gasteiger partial charge in [0.15, 0.2) is 6.61 Å². The highest BCUT2D eigenvalue weighted by Gasteiger charge is 2.33. The Morgan fingerprint density at radius 1 is 1.33 bits per heavy atom. The summed E-state index contributed by atoms with van der Waals surface area (Å²) < 4.78 is 13.1. The van der Waals surface area contributed by atoms with E-state index in [1.54, 1.807) is 0 Å². The van der Waals surface area contributed by atoms with Crippen LogP contribution in [-0.2, 0) is 23.0 Å². The molecule has 0 bridgehead atoms. The third-order valence-corrected chi connectivity index (χ3v) is 4.28. The van der Waals surface area contributed by atoms with E-state index in [1.165, 1.54) is 5.56 Å². The van der Waals surface area contributed by atoms with E-state index in [1.807, 2.05) is 60.1 Å². The number of hydrogen-bond donors (Lipinski definition) is 0. The van der Waals surface area contributed by atoms with Crippen molar-refractivity contribution in [2.24, 2.45) is 7.05 Å². The number of aromatic nitrogens is 2. The Morgan fingerprint density at radius 2 is 2.12 bits per heavy atom. The van der Waals surface area contributed by atoms with Gasteiger partial charge in [0.25, 0.3) is 5.91 Å². The number of benzene rings is 1. The maximum Gasteiger partial charge on any atom is 0.261 e. The van der Waals surface area contributed by atoms with Crippen LogP contribution in [0.2, 0.25) is 0 Å². The second-order valence-corrected chi connectivity index (χ2v) is 5.79. The average Bonchev–Trinajstić information content (AvgIpc) is 3.00. The van der Waals surface area contributed by atoms with Crippen LogP contribution in [0.1, 0.15) is 24.2 Å². The second kappa shape index (κ2) is 7.49. The molecule has 0 saturated carbocycles. The van der Waals surface area contributed by atoms with Crippen LogP contribution in [0, 0.1) is 0 Å². The summed E-state index contributed by atoms with van der Waals surface area (Å²) in [5, 5.41) is 4.34. The summed E-state index contributed by atoms with van der Waals surface area (Å²) in [5.41, 5.74) is 2.25. The maximum atomic E-state index is 12.7. The van der Waals surface area contributed by atoms with E-state index >= 15 is 0 Å². The largest absolute Gasteiger partial charge is 0.484 e. The molecule has 2 heterocycles. The van der Waals surface area contributed by atoms with Gasteiger partial charge in [-0.05, 0) is 31.0 Å². The molecule has 2 aromatic rings. The van der Waals surface area contributed by atoms with Crippen molar-refractivity contribution < 1.29 is 14.3 Å². The lowest BCUT2D eigenvalue weighted by Crippen LogP contribution is -2.44. The standard InChI is InChI=1S/C18H23N3O3/c1-3-23-12-16-18-14(11-19-20(18)2)9-10-21(16)17(22)13-24-15-7-5-4-6-8-15/h4-8,11,16H,3,9-10,12-13H2,1-2H3/t16-/m1/s1. The van der Waals surface area contributed by atoms with E-state index in [0.29, 0.717) is 25.5 Å². The molecular formula is C18H23N3O3. The Bertz CT molecular complexity index is 684. The normalized spacial score (nSPS) is 16.8. The van der Waals surface area contributed by atoms with E-state index in [4.69, 9.17) is 9.47 Å². The van der Waals surface area contributed by atoms with Crippen molar-refractivity contribution in [3.05, 3.63) is 47.8 Å². The molecule has 1 aliphatic heterocycles. The zero-order chi connectivity index (χ0) is 16.9. The smallest absolute Gasteiger partial charge is 0.261 e. The first-order chi connectivity index (χ1) is 11.7. The Hall–Kier alpha value is -2.34. The molecule has 1 aliphatic rings. The average molecular weight is 329 g/mol. The first kappa shape index (κ1) is 16.5. The lowest BCUT2D eigenvalue weighted by Gasteiger charge is -2.35. The highest BCUT2D eigenvalue weighted by atomic mass is 16.5. The molecule has 0 unspecified atom stereocenters. The predicted molar refractivity (Wildman–Crippen MR) is 89.8 cm³/mol. The monoisotopic (exact) mass is 329 g/mol. The van der Waals surface area contributed by atoms with Gasteiger partial charge in [-0.25, -0.2) is 0 Å².